The van der Waals surface area contributed by atoms with E-state index in [0.717, 1.165) is 11.3 Å². The Morgan fingerprint density at radius 1 is 1.33 bits per heavy atom. The van der Waals surface area contributed by atoms with Gasteiger partial charge in [-0.3, -0.25) is 9.59 Å². The lowest BCUT2D eigenvalue weighted by Gasteiger charge is -2.27. The number of carbonyl (C=O) groups is 2. The zero-order chi connectivity index (χ0) is 20.8. The predicted octanol–water partition coefficient (Wildman–Crippen LogP) is 1.65. The Labute approximate surface area is 164 Å². The maximum absolute atomic E-state index is 12.3. The Bertz CT molecular complexity index is 797. The molecule has 2 N–H and O–H groups in total. The highest BCUT2D eigenvalue weighted by atomic mass is 32.2. The molecule has 8 nitrogen and oxygen atoms in total. The van der Waals surface area contributed by atoms with Gasteiger partial charge in [-0.1, -0.05) is 33.8 Å². The Morgan fingerprint density at radius 2 is 1.96 bits per heavy atom. The molecule has 1 rings (SSSR count). The molecule has 0 saturated carbocycles. The molecule has 0 aromatic carbocycles. The number of ether oxygens (including phenoxy) is 1. The van der Waals surface area contributed by atoms with Crippen LogP contribution in [-0.2, 0) is 24.3 Å². The highest BCUT2D eigenvalue weighted by molar-refractivity contribution is 7.91. The van der Waals surface area contributed by atoms with E-state index in [1.165, 1.54) is 6.07 Å². The first-order valence-electron chi connectivity index (χ1n) is 8.37. The molecule has 2 atom stereocenters. The van der Waals surface area contributed by atoms with Crippen molar-refractivity contribution in [3.8, 4) is 6.07 Å². The summed E-state index contributed by atoms with van der Waals surface area (Å²) in [6, 6.07) is 3.90. The minimum atomic E-state index is -3.86. The van der Waals surface area contributed by atoms with Crippen molar-refractivity contribution in [2.45, 2.75) is 50.4 Å². The van der Waals surface area contributed by atoms with E-state index in [1.807, 2.05) is 6.07 Å². The molecule has 1 amide bonds. The van der Waals surface area contributed by atoms with Crippen molar-refractivity contribution < 1.29 is 22.7 Å². The van der Waals surface area contributed by atoms with E-state index in [4.69, 9.17) is 4.74 Å². The molecule has 0 radical (unpaired) electrons. The molecule has 0 fully saturated rings. The van der Waals surface area contributed by atoms with E-state index >= 15 is 0 Å². The van der Waals surface area contributed by atoms with Gasteiger partial charge in [-0.05, 0) is 30.2 Å². The standard InChI is InChI=1S/C17H25N3O5S2/c1-11(2)15(20-27(23,24)14-7-6-8-26-14)16(22)25-9-13(21)19-17(5,10-18)12(3)4/h6-8,11-12,15,20H,9H2,1-5H3,(H,19,21)/t15-,17+/m0/s1. The summed E-state index contributed by atoms with van der Waals surface area (Å²) >= 11 is 1.03. The fraction of sp³-hybridized carbons (Fsp3) is 0.588. The molecule has 0 saturated heterocycles. The van der Waals surface area contributed by atoms with Crippen LogP contribution in [0.3, 0.4) is 0 Å². The number of hydrogen-bond acceptors (Lipinski definition) is 7. The van der Waals surface area contributed by atoms with Crippen LogP contribution in [0.2, 0.25) is 0 Å². The van der Waals surface area contributed by atoms with Crippen molar-refractivity contribution >= 4 is 33.2 Å². The topological polar surface area (TPSA) is 125 Å². The zero-order valence-electron chi connectivity index (χ0n) is 16.0. The Hall–Kier alpha value is -1.96. The van der Waals surface area contributed by atoms with Crippen LogP contribution in [0.4, 0.5) is 0 Å². The van der Waals surface area contributed by atoms with E-state index in [9.17, 15) is 23.3 Å². The van der Waals surface area contributed by atoms with Crippen LogP contribution in [0.5, 0.6) is 0 Å². The fourth-order valence-electron chi connectivity index (χ4n) is 1.95. The number of nitriles is 1. The number of hydrogen-bond donors (Lipinski definition) is 2. The van der Waals surface area contributed by atoms with Crippen molar-refractivity contribution in [1.29, 1.82) is 5.26 Å². The Kier molecular flexibility index (Phi) is 7.95. The molecule has 27 heavy (non-hydrogen) atoms. The average Bonchev–Trinajstić information content (AvgIpc) is 3.12. The fourth-order valence-corrected chi connectivity index (χ4v) is 4.29. The van der Waals surface area contributed by atoms with Crippen LogP contribution in [0.15, 0.2) is 21.7 Å². The molecule has 1 aromatic rings. The first-order valence-corrected chi connectivity index (χ1v) is 10.7. The summed E-state index contributed by atoms with van der Waals surface area (Å²) in [6.07, 6.45) is 0. The number of rotatable bonds is 9. The normalized spacial score (nSPS) is 15.0. The summed E-state index contributed by atoms with van der Waals surface area (Å²) in [4.78, 5) is 24.3. The van der Waals surface area contributed by atoms with E-state index < -0.39 is 46.0 Å². The summed E-state index contributed by atoms with van der Waals surface area (Å²) in [7, 11) is -3.86. The van der Waals surface area contributed by atoms with E-state index in [2.05, 4.69) is 10.0 Å². The molecular formula is C17H25N3O5S2. The van der Waals surface area contributed by atoms with Gasteiger partial charge in [-0.15, -0.1) is 11.3 Å². The highest BCUT2D eigenvalue weighted by Crippen LogP contribution is 2.18. The molecule has 0 aliphatic rings. The quantitative estimate of drug-likeness (QED) is 0.591. The van der Waals surface area contributed by atoms with Crippen LogP contribution in [0.1, 0.15) is 34.6 Å². The minimum absolute atomic E-state index is 0.0837. The Balaban J connectivity index is 2.75. The molecule has 1 aromatic heterocycles. The summed E-state index contributed by atoms with van der Waals surface area (Å²) in [5.74, 6) is -2.04. The SMILES string of the molecule is CC(C)[C@H](NS(=O)(=O)c1cccs1)C(=O)OCC(=O)N[C@](C)(C#N)C(C)C. The number of nitrogens with one attached hydrogen (secondary N) is 2. The van der Waals surface area contributed by atoms with Crippen LogP contribution in [-0.4, -0.2) is 38.5 Å². The third-order valence-electron chi connectivity index (χ3n) is 4.09. The van der Waals surface area contributed by atoms with Gasteiger partial charge in [-0.2, -0.15) is 9.98 Å². The maximum Gasteiger partial charge on any atom is 0.324 e. The second kappa shape index (κ2) is 9.30. The predicted molar refractivity (Wildman–Crippen MR) is 101 cm³/mol. The van der Waals surface area contributed by atoms with E-state index in [1.54, 1.807) is 46.1 Å². The second-order valence-corrected chi connectivity index (χ2v) is 9.79. The van der Waals surface area contributed by atoms with Gasteiger partial charge in [0.15, 0.2) is 6.61 Å². The lowest BCUT2D eigenvalue weighted by molar-refractivity contribution is -0.151. The van der Waals surface area contributed by atoms with Crippen molar-refractivity contribution in [3.05, 3.63) is 17.5 Å². The van der Waals surface area contributed by atoms with Gasteiger partial charge in [0.1, 0.15) is 15.8 Å². The summed E-state index contributed by atoms with van der Waals surface area (Å²) in [5.41, 5.74) is -1.10. The largest absolute Gasteiger partial charge is 0.454 e. The van der Waals surface area contributed by atoms with E-state index in [0.29, 0.717) is 0 Å². The molecule has 10 heteroatoms. The minimum Gasteiger partial charge on any atom is -0.454 e. The molecular weight excluding hydrogens is 390 g/mol. The van der Waals surface area contributed by atoms with Crippen LogP contribution < -0.4 is 10.0 Å². The monoisotopic (exact) mass is 415 g/mol. The Morgan fingerprint density at radius 3 is 2.41 bits per heavy atom. The lowest BCUT2D eigenvalue weighted by atomic mass is 9.90. The number of sulfonamides is 1. The zero-order valence-corrected chi connectivity index (χ0v) is 17.6. The smallest absolute Gasteiger partial charge is 0.324 e. The van der Waals surface area contributed by atoms with Crippen molar-refractivity contribution in [3.63, 3.8) is 0 Å². The number of amides is 1. The van der Waals surface area contributed by atoms with Gasteiger partial charge in [0.25, 0.3) is 15.9 Å². The summed E-state index contributed by atoms with van der Waals surface area (Å²) < 4.78 is 32.0. The summed E-state index contributed by atoms with van der Waals surface area (Å²) in [5, 5.41) is 13.3. The summed E-state index contributed by atoms with van der Waals surface area (Å²) in [6.45, 7) is 7.85. The molecule has 0 bridgehead atoms. The lowest BCUT2D eigenvalue weighted by Crippen LogP contribution is -2.51. The van der Waals surface area contributed by atoms with E-state index in [-0.39, 0.29) is 10.1 Å². The van der Waals surface area contributed by atoms with Crippen LogP contribution >= 0.6 is 11.3 Å². The van der Waals surface area contributed by atoms with Crippen molar-refractivity contribution in [2.75, 3.05) is 6.61 Å². The third-order valence-corrected chi connectivity index (χ3v) is 6.93. The van der Waals surface area contributed by atoms with Gasteiger partial charge in [0.2, 0.25) is 0 Å². The molecule has 0 aliphatic carbocycles. The highest BCUT2D eigenvalue weighted by Gasteiger charge is 2.32. The van der Waals surface area contributed by atoms with Crippen molar-refractivity contribution in [1.82, 2.24) is 10.0 Å². The molecule has 1 heterocycles. The first kappa shape index (κ1) is 23.1. The number of esters is 1. The van der Waals surface area contributed by atoms with Gasteiger partial charge in [0.05, 0.1) is 6.07 Å². The van der Waals surface area contributed by atoms with Gasteiger partial charge in [0, 0.05) is 0 Å². The molecule has 0 aliphatic heterocycles. The van der Waals surface area contributed by atoms with Crippen molar-refractivity contribution in [2.24, 2.45) is 11.8 Å². The molecule has 0 spiro atoms. The number of nitrogens with zero attached hydrogens (tertiary/aromatic N) is 1. The van der Waals surface area contributed by atoms with Crippen LogP contribution in [0.25, 0.3) is 0 Å². The average molecular weight is 416 g/mol. The number of carbonyl (C=O) groups excluding carboxylic acids is 2. The van der Waals surface area contributed by atoms with Gasteiger partial charge in [-0.25, -0.2) is 8.42 Å². The van der Waals surface area contributed by atoms with Crippen LogP contribution in [0, 0.1) is 23.2 Å². The molecule has 150 valence electrons. The first-order chi connectivity index (χ1) is 12.4. The van der Waals surface area contributed by atoms with Gasteiger partial charge >= 0.3 is 5.97 Å². The molecule has 0 unspecified atom stereocenters. The third kappa shape index (κ3) is 6.30. The van der Waals surface area contributed by atoms with Gasteiger partial charge < -0.3 is 10.1 Å². The second-order valence-electron chi connectivity index (χ2n) is 6.90. The number of thiophene rings is 1. The maximum atomic E-state index is 12.3.